The average Bonchev–Trinajstić information content (AvgIpc) is 3.39. The van der Waals surface area contributed by atoms with Crippen molar-refractivity contribution in [2.24, 2.45) is 0 Å². The van der Waals surface area contributed by atoms with Gasteiger partial charge in [0.1, 0.15) is 18.2 Å². The molecule has 44 heavy (non-hydrogen) atoms. The van der Waals surface area contributed by atoms with E-state index in [0.717, 1.165) is 27.9 Å². The maximum absolute atomic E-state index is 13.6. The lowest BCUT2D eigenvalue weighted by Crippen LogP contribution is -2.65. The summed E-state index contributed by atoms with van der Waals surface area (Å²) in [5, 5.41) is 5.37. The fourth-order valence-electron chi connectivity index (χ4n) is 4.75. The number of hydrogen-bond acceptors (Lipinski definition) is 13. The number of ether oxygens (including phenoxy) is 6. The summed E-state index contributed by atoms with van der Waals surface area (Å²) in [6.45, 7) is 9.17. The Bertz CT molecular complexity index is 1160. The Labute approximate surface area is 255 Å². The highest BCUT2D eigenvalue weighted by molar-refractivity contribution is 5.89. The van der Waals surface area contributed by atoms with Gasteiger partial charge in [0, 0.05) is 34.2 Å². The maximum atomic E-state index is 13.6. The van der Waals surface area contributed by atoms with Crippen LogP contribution in [0.4, 0.5) is 4.79 Å². The van der Waals surface area contributed by atoms with Crippen molar-refractivity contribution in [1.29, 1.82) is 0 Å². The molecule has 0 radical (unpaired) electrons. The van der Waals surface area contributed by atoms with Gasteiger partial charge in [-0.1, -0.05) is 0 Å². The Morgan fingerprint density at radius 2 is 1.61 bits per heavy atom. The van der Waals surface area contributed by atoms with Gasteiger partial charge in [0.05, 0.1) is 19.2 Å². The molecule has 0 spiro atoms. The zero-order chi connectivity index (χ0) is 33.4. The van der Waals surface area contributed by atoms with Crippen molar-refractivity contribution in [3.63, 3.8) is 0 Å². The second-order valence-corrected chi connectivity index (χ2v) is 11.2. The number of rotatable bonds is 10. The van der Waals surface area contributed by atoms with Crippen LogP contribution in [-0.2, 0) is 57.2 Å². The topological polar surface area (TPSA) is 202 Å². The summed E-state index contributed by atoms with van der Waals surface area (Å²) in [7, 11) is 1.08. The molecule has 246 valence electrons. The van der Waals surface area contributed by atoms with Crippen molar-refractivity contribution in [1.82, 2.24) is 15.5 Å². The molecule has 0 aromatic rings. The van der Waals surface area contributed by atoms with Gasteiger partial charge in [-0.15, -0.1) is 0 Å². The van der Waals surface area contributed by atoms with Crippen LogP contribution in [-0.4, -0.2) is 109 Å². The fourth-order valence-corrected chi connectivity index (χ4v) is 4.75. The summed E-state index contributed by atoms with van der Waals surface area (Å²) in [6, 6.07) is -3.40. The molecule has 6 atom stereocenters. The number of hydrogen-bond donors (Lipinski definition) is 2. The Balaban J connectivity index is 2.56. The highest BCUT2D eigenvalue weighted by atomic mass is 16.6. The largest absolute Gasteiger partial charge is 0.477 e. The highest BCUT2D eigenvalue weighted by Crippen LogP contribution is 2.28. The van der Waals surface area contributed by atoms with Gasteiger partial charge >= 0.3 is 30.0 Å². The van der Waals surface area contributed by atoms with E-state index in [1.54, 1.807) is 20.8 Å². The smallest absolute Gasteiger partial charge is 0.410 e. The summed E-state index contributed by atoms with van der Waals surface area (Å²) in [6.07, 6.45) is -3.21. The molecule has 16 nitrogen and oxygen atoms in total. The molecule has 3 amide bonds. The standard InChI is InChI=1S/C28H41N3O13/c1-14(32)29-22-18(30-25(36)19-10-9-11-31(19)27(38)44-28(5,6)7)12-20(26(37)39-8)43-24(22)23(42-17(4)35)21(41-16(3)34)13-40-15(2)33/h12,18-19,21-24H,9-11,13H2,1-8H3,(H,29,32)(H,30,36)/t18-,19-,21+,22+,23+,24+/m0/s1. The predicted molar refractivity (Wildman–Crippen MR) is 148 cm³/mol. The number of nitrogens with zero attached hydrogens (tertiary/aromatic N) is 1. The SMILES string of the molecule is COC(=O)C1=C[C@H](NC(=O)[C@@H]2CCCN2C(=O)OC(C)(C)C)[C@@H](NC(C)=O)[C@H]([C@H](OC(C)=O)[C@@H](COC(C)=O)OC(C)=O)O1. The number of amides is 3. The van der Waals surface area contributed by atoms with Gasteiger partial charge in [-0.05, 0) is 39.7 Å². The van der Waals surface area contributed by atoms with Crippen molar-refractivity contribution in [3.05, 3.63) is 11.8 Å². The van der Waals surface area contributed by atoms with Crippen LogP contribution in [0.1, 0.15) is 61.3 Å². The van der Waals surface area contributed by atoms with E-state index < -0.39 is 96.2 Å². The summed E-state index contributed by atoms with van der Waals surface area (Å²) in [5.74, 6) is -5.06. The number of esters is 4. The molecular formula is C28H41N3O13. The molecule has 2 aliphatic rings. The van der Waals surface area contributed by atoms with Gasteiger partial charge in [-0.2, -0.15) is 0 Å². The van der Waals surface area contributed by atoms with Crippen molar-refractivity contribution in [2.45, 2.75) is 103 Å². The van der Waals surface area contributed by atoms with Gasteiger partial charge in [-0.25, -0.2) is 9.59 Å². The molecule has 2 rings (SSSR count). The third kappa shape index (κ3) is 10.4. The number of nitrogens with one attached hydrogen (secondary N) is 2. The Morgan fingerprint density at radius 3 is 2.14 bits per heavy atom. The van der Waals surface area contributed by atoms with Crippen LogP contribution in [0.2, 0.25) is 0 Å². The zero-order valence-corrected chi connectivity index (χ0v) is 26.1. The van der Waals surface area contributed by atoms with Gasteiger partial charge in [0.2, 0.25) is 17.6 Å². The van der Waals surface area contributed by atoms with E-state index in [-0.39, 0.29) is 6.54 Å². The number of carbonyl (C=O) groups is 7. The molecule has 0 aromatic heterocycles. The van der Waals surface area contributed by atoms with Crippen LogP contribution in [0, 0.1) is 0 Å². The van der Waals surface area contributed by atoms with Crippen molar-refractivity contribution in [3.8, 4) is 0 Å². The highest BCUT2D eigenvalue weighted by Gasteiger charge is 2.49. The Hall–Kier alpha value is -4.37. The first-order valence-corrected chi connectivity index (χ1v) is 13.9. The molecule has 1 saturated heterocycles. The summed E-state index contributed by atoms with van der Waals surface area (Å²) >= 11 is 0. The summed E-state index contributed by atoms with van der Waals surface area (Å²) in [5.41, 5.74) is -0.806. The third-order valence-electron chi connectivity index (χ3n) is 6.34. The van der Waals surface area contributed by atoms with Gasteiger partial charge < -0.3 is 39.1 Å². The van der Waals surface area contributed by atoms with Crippen LogP contribution < -0.4 is 10.6 Å². The first-order valence-electron chi connectivity index (χ1n) is 13.9. The lowest BCUT2D eigenvalue weighted by molar-refractivity contribution is -0.188. The minimum Gasteiger partial charge on any atom is -0.477 e. The van der Waals surface area contributed by atoms with Crippen LogP contribution >= 0.6 is 0 Å². The zero-order valence-electron chi connectivity index (χ0n) is 26.1. The normalized spacial score (nSPS) is 22.6. The molecule has 16 heteroatoms. The molecule has 0 aromatic carbocycles. The van der Waals surface area contributed by atoms with Crippen molar-refractivity contribution >= 4 is 41.8 Å². The quantitative estimate of drug-likeness (QED) is 0.247. The molecule has 0 bridgehead atoms. The molecule has 0 unspecified atom stereocenters. The maximum Gasteiger partial charge on any atom is 0.410 e. The van der Waals surface area contributed by atoms with E-state index in [1.807, 2.05) is 0 Å². The minimum absolute atomic E-state index is 0.260. The Kier molecular flexibility index (Phi) is 12.5. The summed E-state index contributed by atoms with van der Waals surface area (Å²) in [4.78, 5) is 88.5. The van der Waals surface area contributed by atoms with Crippen molar-refractivity contribution in [2.75, 3.05) is 20.3 Å². The lowest BCUT2D eigenvalue weighted by atomic mass is 9.91. The van der Waals surface area contributed by atoms with E-state index in [4.69, 9.17) is 28.4 Å². The van der Waals surface area contributed by atoms with E-state index in [2.05, 4.69) is 10.6 Å². The van der Waals surface area contributed by atoms with Crippen molar-refractivity contribution < 1.29 is 62.0 Å². The van der Waals surface area contributed by atoms with E-state index in [1.165, 1.54) is 17.9 Å². The monoisotopic (exact) mass is 627 g/mol. The molecule has 1 fully saturated rings. The number of methoxy groups -OCH3 is 1. The molecule has 0 aliphatic carbocycles. The first kappa shape index (κ1) is 35.8. The molecule has 2 N–H and O–H groups in total. The number of likely N-dealkylation sites (tertiary alicyclic amines) is 1. The molecule has 2 heterocycles. The molecule has 0 saturated carbocycles. The van der Waals surface area contributed by atoms with Gasteiger partial charge in [-0.3, -0.25) is 28.9 Å². The first-order chi connectivity index (χ1) is 20.4. The molecule has 2 aliphatic heterocycles. The fraction of sp³-hybridized carbons (Fsp3) is 0.679. The van der Waals surface area contributed by atoms with Crippen LogP contribution in [0.3, 0.4) is 0 Å². The summed E-state index contributed by atoms with van der Waals surface area (Å²) < 4.78 is 31.9. The van der Waals surface area contributed by atoms with E-state index in [0.29, 0.717) is 12.8 Å². The average molecular weight is 628 g/mol. The minimum atomic E-state index is -1.58. The van der Waals surface area contributed by atoms with Crippen LogP contribution in [0.25, 0.3) is 0 Å². The Morgan fingerprint density at radius 1 is 0.977 bits per heavy atom. The predicted octanol–water partition coefficient (Wildman–Crippen LogP) is 0.258. The van der Waals surface area contributed by atoms with Gasteiger partial charge in [0.15, 0.2) is 18.3 Å². The van der Waals surface area contributed by atoms with E-state index >= 15 is 0 Å². The third-order valence-corrected chi connectivity index (χ3v) is 6.34. The van der Waals surface area contributed by atoms with E-state index in [9.17, 15) is 33.6 Å². The van der Waals surface area contributed by atoms with Gasteiger partial charge in [0.25, 0.3) is 0 Å². The number of carbonyl (C=O) groups excluding carboxylic acids is 7. The van der Waals surface area contributed by atoms with Crippen LogP contribution in [0.5, 0.6) is 0 Å². The lowest BCUT2D eigenvalue weighted by Gasteiger charge is -2.42. The molecular weight excluding hydrogens is 586 g/mol. The van der Waals surface area contributed by atoms with Crippen LogP contribution in [0.15, 0.2) is 11.8 Å². The second-order valence-electron chi connectivity index (χ2n) is 11.2. The second kappa shape index (κ2) is 15.4.